The van der Waals surface area contributed by atoms with Gasteiger partial charge in [0.2, 0.25) is 0 Å². The molecule has 1 saturated carbocycles. The Morgan fingerprint density at radius 2 is 1.59 bits per heavy atom. The molecule has 1 aliphatic carbocycles. The van der Waals surface area contributed by atoms with Crippen molar-refractivity contribution in [2.45, 2.75) is 57.6 Å². The van der Waals surface area contributed by atoms with Crippen LogP contribution < -0.4 is 0 Å². The van der Waals surface area contributed by atoms with E-state index in [1.54, 1.807) is 0 Å². The minimum absolute atomic E-state index is 0.150. The maximum Gasteiger partial charge on any atom is 0.410 e. The van der Waals surface area contributed by atoms with Gasteiger partial charge in [-0.15, -0.1) is 0 Å². The van der Waals surface area contributed by atoms with E-state index in [1.165, 1.54) is 23.1 Å². The van der Waals surface area contributed by atoms with Gasteiger partial charge < -0.3 is 9.64 Å². The van der Waals surface area contributed by atoms with Crippen LogP contribution >= 0.6 is 0 Å². The Bertz CT molecular complexity index is 791. The molecule has 0 spiro atoms. The maximum atomic E-state index is 12.7. The van der Waals surface area contributed by atoms with Gasteiger partial charge in [0.1, 0.15) is 5.60 Å². The van der Waals surface area contributed by atoms with Crippen molar-refractivity contribution >= 4 is 6.09 Å². The molecule has 0 radical (unpaired) electrons. The SMILES string of the molecule is CC(C)(C)OC(=O)N1CC[C@H]2CC[C@@H](c3ccc(-c4ccccc4)cc3)[C@@H]21. The summed E-state index contributed by atoms with van der Waals surface area (Å²) < 4.78 is 5.68. The quantitative estimate of drug-likeness (QED) is 0.669. The average Bonchev–Trinajstić information content (AvgIpc) is 3.23. The molecule has 0 bridgehead atoms. The van der Waals surface area contributed by atoms with E-state index in [-0.39, 0.29) is 12.1 Å². The van der Waals surface area contributed by atoms with Gasteiger partial charge in [-0.1, -0.05) is 54.6 Å². The fourth-order valence-electron chi connectivity index (χ4n) is 4.76. The smallest absolute Gasteiger partial charge is 0.410 e. The number of hydrogen-bond acceptors (Lipinski definition) is 2. The molecule has 3 heteroatoms. The van der Waals surface area contributed by atoms with Gasteiger partial charge in [-0.25, -0.2) is 4.79 Å². The topological polar surface area (TPSA) is 29.5 Å². The summed E-state index contributed by atoms with van der Waals surface area (Å²) in [5.41, 5.74) is 3.38. The molecule has 27 heavy (non-hydrogen) atoms. The second kappa shape index (κ2) is 7.03. The normalized spacial score (nSPS) is 24.7. The van der Waals surface area contributed by atoms with Crippen molar-refractivity contribution in [2.75, 3.05) is 6.54 Å². The van der Waals surface area contributed by atoms with E-state index in [1.807, 2.05) is 31.7 Å². The lowest BCUT2D eigenvalue weighted by atomic mass is 9.90. The van der Waals surface area contributed by atoms with Crippen LogP contribution in [0.5, 0.6) is 0 Å². The van der Waals surface area contributed by atoms with E-state index >= 15 is 0 Å². The molecule has 1 aliphatic heterocycles. The van der Waals surface area contributed by atoms with Gasteiger partial charge in [0, 0.05) is 18.5 Å². The Kier molecular flexibility index (Phi) is 4.71. The van der Waals surface area contributed by atoms with Gasteiger partial charge >= 0.3 is 6.09 Å². The van der Waals surface area contributed by atoms with E-state index in [2.05, 4.69) is 48.5 Å². The first kappa shape index (κ1) is 18.1. The minimum Gasteiger partial charge on any atom is -0.444 e. The molecule has 1 saturated heterocycles. The number of nitrogens with zero attached hydrogens (tertiary/aromatic N) is 1. The van der Waals surface area contributed by atoms with Crippen molar-refractivity contribution in [3.63, 3.8) is 0 Å². The van der Waals surface area contributed by atoms with Crippen LogP contribution in [0.2, 0.25) is 0 Å². The first-order valence-electron chi connectivity index (χ1n) is 10.1. The first-order valence-corrected chi connectivity index (χ1v) is 10.1. The molecule has 0 N–H and O–H groups in total. The molecule has 142 valence electrons. The highest BCUT2D eigenvalue weighted by atomic mass is 16.6. The van der Waals surface area contributed by atoms with Crippen molar-refractivity contribution in [3.8, 4) is 11.1 Å². The minimum atomic E-state index is -0.444. The van der Waals surface area contributed by atoms with E-state index < -0.39 is 5.60 Å². The van der Waals surface area contributed by atoms with Crippen LogP contribution in [0.25, 0.3) is 11.1 Å². The van der Waals surface area contributed by atoms with Crippen LogP contribution in [-0.2, 0) is 4.74 Å². The molecule has 2 aromatic carbocycles. The van der Waals surface area contributed by atoms with Crippen LogP contribution in [0.15, 0.2) is 54.6 Å². The summed E-state index contributed by atoms with van der Waals surface area (Å²) in [6.07, 6.45) is 3.31. The number of carbonyl (C=O) groups is 1. The van der Waals surface area contributed by atoms with Gasteiger partial charge in [0.25, 0.3) is 0 Å². The maximum absolute atomic E-state index is 12.7. The highest BCUT2D eigenvalue weighted by Gasteiger charge is 2.47. The average molecular weight is 364 g/mol. The Balaban J connectivity index is 1.54. The first-order chi connectivity index (χ1) is 12.9. The summed E-state index contributed by atoms with van der Waals surface area (Å²) >= 11 is 0. The summed E-state index contributed by atoms with van der Waals surface area (Å²) in [7, 11) is 0. The summed E-state index contributed by atoms with van der Waals surface area (Å²) in [5.74, 6) is 1.02. The number of amides is 1. The molecule has 2 fully saturated rings. The second-order valence-electron chi connectivity index (χ2n) is 8.88. The fraction of sp³-hybridized carbons (Fsp3) is 0.458. The molecule has 1 heterocycles. The third kappa shape index (κ3) is 3.73. The summed E-state index contributed by atoms with van der Waals surface area (Å²) in [5, 5.41) is 0. The zero-order chi connectivity index (χ0) is 19.0. The van der Waals surface area contributed by atoms with Gasteiger partial charge in [0.15, 0.2) is 0 Å². The molecule has 1 amide bonds. The molecular weight excluding hydrogens is 334 g/mol. The van der Waals surface area contributed by atoms with Gasteiger partial charge in [-0.05, 0) is 62.6 Å². The largest absolute Gasteiger partial charge is 0.444 e. The van der Waals surface area contributed by atoms with Gasteiger partial charge in [-0.2, -0.15) is 0 Å². The Morgan fingerprint density at radius 3 is 2.26 bits per heavy atom. The number of carbonyl (C=O) groups excluding carboxylic acids is 1. The van der Waals surface area contributed by atoms with Crippen LogP contribution in [0.1, 0.15) is 51.5 Å². The van der Waals surface area contributed by atoms with E-state index in [4.69, 9.17) is 4.74 Å². The highest BCUT2D eigenvalue weighted by molar-refractivity contribution is 5.69. The zero-order valence-electron chi connectivity index (χ0n) is 16.5. The monoisotopic (exact) mass is 363 g/mol. The fourth-order valence-corrected chi connectivity index (χ4v) is 4.76. The third-order valence-electron chi connectivity index (χ3n) is 5.92. The lowest BCUT2D eigenvalue weighted by molar-refractivity contribution is 0.0204. The van der Waals surface area contributed by atoms with E-state index in [0.717, 1.165) is 19.4 Å². The van der Waals surface area contributed by atoms with Crippen molar-refractivity contribution in [1.82, 2.24) is 4.90 Å². The van der Waals surface area contributed by atoms with Crippen molar-refractivity contribution in [2.24, 2.45) is 5.92 Å². The number of likely N-dealkylation sites (tertiary alicyclic amines) is 1. The number of hydrogen-bond donors (Lipinski definition) is 0. The van der Waals surface area contributed by atoms with Gasteiger partial charge in [0.05, 0.1) is 0 Å². The molecule has 4 rings (SSSR count). The predicted molar refractivity (Wildman–Crippen MR) is 109 cm³/mol. The van der Waals surface area contributed by atoms with Gasteiger partial charge in [-0.3, -0.25) is 0 Å². The lowest BCUT2D eigenvalue weighted by Gasteiger charge is -2.32. The molecular formula is C24H29NO2. The molecule has 2 aliphatic rings. The summed E-state index contributed by atoms with van der Waals surface area (Å²) in [6.45, 7) is 6.63. The van der Waals surface area contributed by atoms with Crippen LogP contribution in [0.3, 0.4) is 0 Å². The van der Waals surface area contributed by atoms with Crippen molar-refractivity contribution < 1.29 is 9.53 Å². The van der Waals surface area contributed by atoms with Crippen LogP contribution in [0, 0.1) is 5.92 Å². The molecule has 2 aromatic rings. The predicted octanol–water partition coefficient (Wildman–Crippen LogP) is 5.86. The molecule has 3 atom stereocenters. The number of benzene rings is 2. The third-order valence-corrected chi connectivity index (χ3v) is 5.92. The standard InChI is InChI=1S/C24H29NO2/c1-24(2,3)27-23(26)25-16-15-20-13-14-21(22(20)25)19-11-9-18(10-12-19)17-7-5-4-6-8-17/h4-12,20-22H,13-16H2,1-3H3/t20-,21+,22-/m1/s1. The van der Waals surface area contributed by atoms with Crippen molar-refractivity contribution in [1.29, 1.82) is 0 Å². The number of fused-ring (bicyclic) bond motifs is 1. The van der Waals surface area contributed by atoms with E-state index in [0.29, 0.717) is 11.8 Å². The summed E-state index contributed by atoms with van der Waals surface area (Å²) in [6, 6.07) is 19.7. The molecule has 0 unspecified atom stereocenters. The van der Waals surface area contributed by atoms with E-state index in [9.17, 15) is 4.79 Å². The van der Waals surface area contributed by atoms with Crippen LogP contribution in [0.4, 0.5) is 4.79 Å². The zero-order valence-corrected chi connectivity index (χ0v) is 16.5. The summed E-state index contributed by atoms with van der Waals surface area (Å²) in [4.78, 5) is 14.7. The lowest BCUT2D eigenvalue weighted by Crippen LogP contribution is -2.42. The van der Waals surface area contributed by atoms with Crippen molar-refractivity contribution in [3.05, 3.63) is 60.2 Å². The molecule has 3 nitrogen and oxygen atoms in total. The Morgan fingerprint density at radius 1 is 0.926 bits per heavy atom. The van der Waals surface area contributed by atoms with Crippen LogP contribution in [-0.4, -0.2) is 29.2 Å². The number of ether oxygens (including phenoxy) is 1. The molecule has 0 aromatic heterocycles. The second-order valence-corrected chi connectivity index (χ2v) is 8.88. The Labute approximate surface area is 162 Å². The number of rotatable bonds is 2. The highest BCUT2D eigenvalue weighted by Crippen LogP contribution is 2.47. The Hall–Kier alpha value is -2.29.